The molecule has 1 aliphatic heterocycles. The maximum absolute atomic E-state index is 12.5. The molecule has 0 N–H and O–H groups in total. The Morgan fingerprint density at radius 3 is 2.94 bits per heavy atom. The molecular weight excluding hydrogens is 244 g/mol. The molecular formula is C15H20O2S. The fourth-order valence-corrected chi connectivity index (χ4v) is 3.40. The minimum Gasteiger partial charge on any atom is -0.493 e. The van der Waals surface area contributed by atoms with Crippen molar-refractivity contribution in [1.82, 2.24) is 0 Å². The van der Waals surface area contributed by atoms with Crippen molar-refractivity contribution in [1.29, 1.82) is 0 Å². The fraction of sp³-hybridized carbons (Fsp3) is 0.533. The van der Waals surface area contributed by atoms with Crippen LogP contribution in [0.3, 0.4) is 0 Å². The van der Waals surface area contributed by atoms with Gasteiger partial charge in [-0.05, 0) is 37.1 Å². The molecule has 1 atom stereocenters. The van der Waals surface area contributed by atoms with Crippen molar-refractivity contribution >= 4 is 17.5 Å². The number of thioether (sulfide) groups is 1. The second-order valence-corrected chi connectivity index (χ2v) is 5.87. The van der Waals surface area contributed by atoms with Crippen LogP contribution in [-0.2, 0) is 0 Å². The summed E-state index contributed by atoms with van der Waals surface area (Å²) in [4.78, 5) is 12.5. The largest absolute Gasteiger partial charge is 0.493 e. The molecule has 2 rings (SSSR count). The van der Waals surface area contributed by atoms with Gasteiger partial charge >= 0.3 is 0 Å². The maximum atomic E-state index is 12.5. The van der Waals surface area contributed by atoms with Gasteiger partial charge in [-0.2, -0.15) is 11.8 Å². The predicted octanol–water partition coefficient (Wildman–Crippen LogP) is 3.94. The van der Waals surface area contributed by atoms with Crippen LogP contribution >= 0.6 is 11.8 Å². The summed E-state index contributed by atoms with van der Waals surface area (Å²) in [5.41, 5.74) is 0.755. The van der Waals surface area contributed by atoms with Gasteiger partial charge in [0.1, 0.15) is 5.75 Å². The van der Waals surface area contributed by atoms with E-state index in [9.17, 15) is 4.79 Å². The summed E-state index contributed by atoms with van der Waals surface area (Å²) in [7, 11) is 0. The number of ether oxygens (including phenoxy) is 1. The summed E-state index contributed by atoms with van der Waals surface area (Å²) in [6, 6.07) is 7.63. The van der Waals surface area contributed by atoms with Gasteiger partial charge < -0.3 is 4.74 Å². The Hall–Kier alpha value is -0.960. The zero-order valence-electron chi connectivity index (χ0n) is 10.9. The molecule has 18 heavy (non-hydrogen) atoms. The van der Waals surface area contributed by atoms with Crippen molar-refractivity contribution in [2.45, 2.75) is 37.9 Å². The highest BCUT2D eigenvalue weighted by molar-refractivity contribution is 8.00. The molecule has 1 heterocycles. The Morgan fingerprint density at radius 2 is 2.22 bits per heavy atom. The molecule has 1 aromatic carbocycles. The molecule has 0 spiro atoms. The molecule has 98 valence electrons. The number of ketones is 1. The first-order valence-corrected chi connectivity index (χ1v) is 7.75. The second-order valence-electron chi connectivity index (χ2n) is 4.56. The smallest absolute Gasteiger partial charge is 0.179 e. The number of para-hydroxylation sites is 1. The first-order chi connectivity index (χ1) is 8.83. The summed E-state index contributed by atoms with van der Waals surface area (Å²) in [6.45, 7) is 2.74. The molecule has 0 radical (unpaired) electrons. The minimum atomic E-state index is 0.130. The molecule has 0 saturated carbocycles. The molecule has 1 aliphatic rings. The standard InChI is InChI=1S/C15H20O2S/c1-2-10-17-13-8-4-3-7-12(13)15(16)14-9-5-6-11-18-14/h3-4,7-8,14H,2,5-6,9-11H2,1H3. The van der Waals surface area contributed by atoms with Gasteiger partial charge in [0.25, 0.3) is 0 Å². The van der Waals surface area contributed by atoms with Gasteiger partial charge in [0.05, 0.1) is 17.4 Å². The zero-order chi connectivity index (χ0) is 12.8. The average molecular weight is 264 g/mol. The van der Waals surface area contributed by atoms with E-state index in [1.807, 2.05) is 24.3 Å². The number of carbonyl (C=O) groups is 1. The van der Waals surface area contributed by atoms with E-state index < -0.39 is 0 Å². The van der Waals surface area contributed by atoms with E-state index in [1.165, 1.54) is 12.8 Å². The first-order valence-electron chi connectivity index (χ1n) is 6.70. The zero-order valence-corrected chi connectivity index (χ0v) is 11.7. The van der Waals surface area contributed by atoms with Crippen LogP contribution in [0.15, 0.2) is 24.3 Å². The third-order valence-electron chi connectivity index (χ3n) is 3.09. The highest BCUT2D eigenvalue weighted by atomic mass is 32.2. The molecule has 1 unspecified atom stereocenters. The van der Waals surface area contributed by atoms with E-state index in [-0.39, 0.29) is 11.0 Å². The topological polar surface area (TPSA) is 26.3 Å². The number of hydrogen-bond acceptors (Lipinski definition) is 3. The molecule has 2 nitrogen and oxygen atoms in total. The SMILES string of the molecule is CCCOc1ccccc1C(=O)C1CCCCS1. The number of benzene rings is 1. The summed E-state index contributed by atoms with van der Waals surface area (Å²) in [6.07, 6.45) is 4.37. The Balaban J connectivity index is 2.12. The van der Waals surface area contributed by atoms with Gasteiger partial charge in [0.2, 0.25) is 0 Å². The monoisotopic (exact) mass is 264 g/mol. The molecule has 0 amide bonds. The van der Waals surface area contributed by atoms with Crippen molar-refractivity contribution < 1.29 is 9.53 Å². The van der Waals surface area contributed by atoms with Crippen LogP contribution in [0.25, 0.3) is 0 Å². The second kappa shape index (κ2) is 6.83. The summed E-state index contributed by atoms with van der Waals surface area (Å²) >= 11 is 1.79. The van der Waals surface area contributed by atoms with Crippen molar-refractivity contribution in [3.63, 3.8) is 0 Å². The van der Waals surface area contributed by atoms with Crippen LogP contribution in [0.1, 0.15) is 43.0 Å². The van der Waals surface area contributed by atoms with E-state index in [0.29, 0.717) is 6.61 Å². The van der Waals surface area contributed by atoms with Crippen LogP contribution in [-0.4, -0.2) is 23.4 Å². The molecule has 1 saturated heterocycles. The number of carbonyl (C=O) groups excluding carboxylic acids is 1. The Bertz CT molecular complexity index is 397. The molecule has 0 aliphatic carbocycles. The summed E-state index contributed by atoms with van der Waals surface area (Å²) in [5.74, 6) is 2.09. The lowest BCUT2D eigenvalue weighted by Gasteiger charge is -2.21. The van der Waals surface area contributed by atoms with Crippen molar-refractivity contribution in [2.24, 2.45) is 0 Å². The van der Waals surface area contributed by atoms with Gasteiger partial charge in [-0.3, -0.25) is 4.79 Å². The van der Waals surface area contributed by atoms with Crippen LogP contribution in [0.4, 0.5) is 0 Å². The van der Waals surface area contributed by atoms with E-state index in [2.05, 4.69) is 6.92 Å². The van der Waals surface area contributed by atoms with E-state index in [1.54, 1.807) is 11.8 Å². The highest BCUT2D eigenvalue weighted by Crippen LogP contribution is 2.30. The highest BCUT2D eigenvalue weighted by Gasteiger charge is 2.25. The quantitative estimate of drug-likeness (QED) is 0.753. The summed E-state index contributed by atoms with van der Waals surface area (Å²) in [5, 5.41) is 0.130. The maximum Gasteiger partial charge on any atom is 0.179 e. The number of rotatable bonds is 5. The van der Waals surface area contributed by atoms with Crippen LogP contribution in [0, 0.1) is 0 Å². The van der Waals surface area contributed by atoms with E-state index in [0.717, 1.165) is 29.9 Å². The molecule has 3 heteroatoms. The van der Waals surface area contributed by atoms with Crippen molar-refractivity contribution in [3.05, 3.63) is 29.8 Å². The van der Waals surface area contributed by atoms with Gasteiger partial charge in [0, 0.05) is 0 Å². The van der Waals surface area contributed by atoms with Gasteiger partial charge in [-0.15, -0.1) is 0 Å². The normalized spacial score (nSPS) is 19.5. The van der Waals surface area contributed by atoms with E-state index >= 15 is 0 Å². The predicted molar refractivity (Wildman–Crippen MR) is 76.7 cm³/mol. The average Bonchev–Trinajstić information content (AvgIpc) is 2.45. The molecule has 0 bridgehead atoms. The number of hydrogen-bond donors (Lipinski definition) is 0. The lowest BCUT2D eigenvalue weighted by molar-refractivity contribution is 0.0981. The van der Waals surface area contributed by atoms with Crippen molar-refractivity contribution in [3.8, 4) is 5.75 Å². The minimum absolute atomic E-state index is 0.130. The molecule has 1 fully saturated rings. The third-order valence-corrected chi connectivity index (χ3v) is 4.46. The third kappa shape index (κ3) is 3.29. The summed E-state index contributed by atoms with van der Waals surface area (Å²) < 4.78 is 5.67. The fourth-order valence-electron chi connectivity index (χ4n) is 2.13. The van der Waals surface area contributed by atoms with E-state index in [4.69, 9.17) is 4.74 Å². The first kappa shape index (κ1) is 13.5. The Kier molecular flexibility index (Phi) is 5.12. The molecule has 1 aromatic rings. The Labute approximate surface area is 113 Å². The molecule has 0 aromatic heterocycles. The van der Waals surface area contributed by atoms with Crippen LogP contribution in [0.2, 0.25) is 0 Å². The number of Topliss-reactive ketones (excluding diaryl/α,β-unsaturated/α-hetero) is 1. The van der Waals surface area contributed by atoms with Crippen molar-refractivity contribution in [2.75, 3.05) is 12.4 Å². The lowest BCUT2D eigenvalue weighted by atomic mass is 10.0. The van der Waals surface area contributed by atoms with Crippen LogP contribution < -0.4 is 4.74 Å². The van der Waals surface area contributed by atoms with Crippen LogP contribution in [0.5, 0.6) is 5.75 Å². The van der Waals surface area contributed by atoms with Gasteiger partial charge in [-0.25, -0.2) is 0 Å². The Morgan fingerprint density at radius 1 is 1.39 bits per heavy atom. The van der Waals surface area contributed by atoms with Gasteiger partial charge in [-0.1, -0.05) is 25.5 Å². The lowest BCUT2D eigenvalue weighted by Crippen LogP contribution is -2.21. The van der Waals surface area contributed by atoms with Gasteiger partial charge in [0.15, 0.2) is 5.78 Å².